The van der Waals surface area contributed by atoms with E-state index < -0.39 is 0 Å². The Morgan fingerprint density at radius 3 is 2.74 bits per heavy atom. The minimum atomic E-state index is -0.346. The Labute approximate surface area is 157 Å². The number of fused-ring (bicyclic) bond motifs is 2. The fourth-order valence-electron chi connectivity index (χ4n) is 3.92. The molecule has 1 atom stereocenters. The van der Waals surface area contributed by atoms with Crippen LogP contribution in [0.2, 0.25) is 0 Å². The molecule has 27 heavy (non-hydrogen) atoms. The van der Waals surface area contributed by atoms with Gasteiger partial charge in [-0.1, -0.05) is 26.0 Å². The molecule has 7 heteroatoms. The lowest BCUT2D eigenvalue weighted by molar-refractivity contribution is -0.135. The molecule has 7 nitrogen and oxygen atoms in total. The van der Waals surface area contributed by atoms with Gasteiger partial charge in [-0.15, -0.1) is 0 Å². The molecular formula is C20H23N5O2. The predicted octanol–water partition coefficient (Wildman–Crippen LogP) is 2.48. The van der Waals surface area contributed by atoms with Gasteiger partial charge in [-0.2, -0.15) is 0 Å². The third-order valence-electron chi connectivity index (χ3n) is 5.19. The Kier molecular flexibility index (Phi) is 4.30. The Hall–Kier alpha value is -2.96. The first kappa shape index (κ1) is 17.5. The first-order valence-corrected chi connectivity index (χ1v) is 9.36. The zero-order valence-electron chi connectivity index (χ0n) is 15.8. The van der Waals surface area contributed by atoms with Crippen LogP contribution in [0.5, 0.6) is 0 Å². The van der Waals surface area contributed by atoms with E-state index in [1.54, 1.807) is 11.8 Å². The SMILES string of the molecule is CCc1nc2ccccc2n1[C@H](CC)C(=O)N1Cc2nc(C)[nH]c(=O)c2C1. The van der Waals surface area contributed by atoms with Crippen LogP contribution in [-0.4, -0.2) is 30.3 Å². The summed E-state index contributed by atoms with van der Waals surface area (Å²) in [7, 11) is 0. The number of nitrogens with zero attached hydrogens (tertiary/aromatic N) is 4. The van der Waals surface area contributed by atoms with E-state index in [0.29, 0.717) is 36.6 Å². The number of aromatic amines is 1. The molecule has 0 fully saturated rings. The number of carbonyl (C=O) groups is 1. The van der Waals surface area contributed by atoms with Gasteiger partial charge < -0.3 is 14.5 Å². The normalized spacial score (nSPS) is 14.6. The fraction of sp³-hybridized carbons (Fsp3) is 0.400. The number of aromatic nitrogens is 4. The van der Waals surface area contributed by atoms with Crippen molar-refractivity contribution in [2.24, 2.45) is 0 Å². The van der Waals surface area contributed by atoms with E-state index in [9.17, 15) is 9.59 Å². The number of benzene rings is 1. The third kappa shape index (κ3) is 2.83. The van der Waals surface area contributed by atoms with Crippen LogP contribution in [0.1, 0.15) is 49.2 Å². The summed E-state index contributed by atoms with van der Waals surface area (Å²) in [6, 6.07) is 7.56. The second-order valence-electron chi connectivity index (χ2n) is 6.94. The van der Waals surface area contributed by atoms with Gasteiger partial charge in [-0.05, 0) is 25.5 Å². The highest BCUT2D eigenvalue weighted by Gasteiger charge is 2.33. The molecule has 0 unspecified atom stereocenters. The molecule has 0 radical (unpaired) electrons. The summed E-state index contributed by atoms with van der Waals surface area (Å²) in [5.41, 5.74) is 3.01. The zero-order chi connectivity index (χ0) is 19.1. The van der Waals surface area contributed by atoms with Crippen LogP contribution in [0.25, 0.3) is 11.0 Å². The average molecular weight is 365 g/mol. The molecule has 1 amide bonds. The molecule has 0 bridgehead atoms. The number of rotatable bonds is 4. The van der Waals surface area contributed by atoms with Gasteiger partial charge in [0.05, 0.1) is 35.4 Å². The molecule has 140 valence electrons. The summed E-state index contributed by atoms with van der Waals surface area (Å²) in [5, 5.41) is 0. The van der Waals surface area contributed by atoms with Gasteiger partial charge in [0.2, 0.25) is 5.91 Å². The monoisotopic (exact) mass is 365 g/mol. The van der Waals surface area contributed by atoms with E-state index in [2.05, 4.69) is 14.5 Å². The van der Waals surface area contributed by atoms with Gasteiger partial charge in [0.1, 0.15) is 17.7 Å². The standard InChI is InChI=1S/C20H23N5O2/c1-4-16(25-17-9-7-6-8-14(17)23-18(25)5-2)20(27)24-10-13-15(11-24)21-12(3)22-19(13)26/h6-9,16H,4-5,10-11H2,1-3H3,(H,21,22,26)/t16-/m1/s1. The Balaban J connectivity index is 1.71. The number of hydrogen-bond acceptors (Lipinski definition) is 4. The number of hydrogen-bond donors (Lipinski definition) is 1. The van der Waals surface area contributed by atoms with Crippen LogP contribution in [-0.2, 0) is 24.3 Å². The molecular weight excluding hydrogens is 342 g/mol. The summed E-state index contributed by atoms with van der Waals surface area (Å²) in [4.78, 5) is 39.1. The molecule has 0 saturated carbocycles. The molecule has 4 rings (SSSR count). The molecule has 0 aliphatic carbocycles. The van der Waals surface area contributed by atoms with Crippen LogP contribution in [0.3, 0.4) is 0 Å². The maximum absolute atomic E-state index is 13.4. The molecule has 3 heterocycles. The van der Waals surface area contributed by atoms with Gasteiger partial charge in [-0.3, -0.25) is 9.59 Å². The number of carbonyl (C=O) groups excluding carboxylic acids is 1. The van der Waals surface area contributed by atoms with E-state index in [1.807, 2.05) is 38.1 Å². The number of nitrogens with one attached hydrogen (secondary N) is 1. The van der Waals surface area contributed by atoms with Crippen molar-refractivity contribution in [1.29, 1.82) is 0 Å². The van der Waals surface area contributed by atoms with Crippen LogP contribution >= 0.6 is 0 Å². The molecule has 0 spiro atoms. The smallest absolute Gasteiger partial charge is 0.256 e. The summed E-state index contributed by atoms with van der Waals surface area (Å²) < 4.78 is 2.06. The largest absolute Gasteiger partial charge is 0.330 e. The van der Waals surface area contributed by atoms with Crippen molar-refractivity contribution < 1.29 is 4.79 Å². The summed E-state index contributed by atoms with van der Waals surface area (Å²) in [6.07, 6.45) is 1.40. The molecule has 1 aromatic carbocycles. The van der Waals surface area contributed by atoms with Crippen molar-refractivity contribution in [2.45, 2.75) is 52.7 Å². The number of aryl methyl sites for hydroxylation is 2. The van der Waals surface area contributed by atoms with Gasteiger partial charge in [0, 0.05) is 6.42 Å². The lowest BCUT2D eigenvalue weighted by atomic mass is 10.1. The van der Waals surface area contributed by atoms with Crippen molar-refractivity contribution in [3.05, 3.63) is 57.5 Å². The topological polar surface area (TPSA) is 83.9 Å². The maximum atomic E-state index is 13.4. The van der Waals surface area contributed by atoms with E-state index in [0.717, 1.165) is 23.3 Å². The first-order chi connectivity index (χ1) is 13.0. The minimum absolute atomic E-state index is 0.00501. The highest BCUT2D eigenvalue weighted by Crippen LogP contribution is 2.28. The minimum Gasteiger partial charge on any atom is -0.330 e. The zero-order valence-corrected chi connectivity index (χ0v) is 15.8. The van der Waals surface area contributed by atoms with Crippen molar-refractivity contribution in [1.82, 2.24) is 24.4 Å². The molecule has 1 aliphatic heterocycles. The maximum Gasteiger partial charge on any atom is 0.256 e. The highest BCUT2D eigenvalue weighted by atomic mass is 16.2. The predicted molar refractivity (Wildman–Crippen MR) is 102 cm³/mol. The lowest BCUT2D eigenvalue weighted by Crippen LogP contribution is -2.34. The van der Waals surface area contributed by atoms with Gasteiger partial charge >= 0.3 is 0 Å². The van der Waals surface area contributed by atoms with Crippen molar-refractivity contribution in [3.63, 3.8) is 0 Å². The van der Waals surface area contributed by atoms with Crippen LogP contribution in [0.15, 0.2) is 29.1 Å². The molecule has 1 N–H and O–H groups in total. The average Bonchev–Trinajstić information content (AvgIpc) is 3.24. The summed E-state index contributed by atoms with van der Waals surface area (Å²) >= 11 is 0. The molecule has 2 aromatic heterocycles. The van der Waals surface area contributed by atoms with Crippen molar-refractivity contribution >= 4 is 16.9 Å². The first-order valence-electron chi connectivity index (χ1n) is 9.36. The Morgan fingerprint density at radius 1 is 1.22 bits per heavy atom. The highest BCUT2D eigenvalue weighted by molar-refractivity contribution is 5.84. The van der Waals surface area contributed by atoms with E-state index in [4.69, 9.17) is 4.98 Å². The quantitative estimate of drug-likeness (QED) is 0.770. The van der Waals surface area contributed by atoms with E-state index in [-0.39, 0.29) is 17.5 Å². The number of H-pyrrole nitrogens is 1. The van der Waals surface area contributed by atoms with E-state index in [1.165, 1.54) is 0 Å². The fourth-order valence-corrected chi connectivity index (χ4v) is 3.92. The Morgan fingerprint density at radius 2 is 2.00 bits per heavy atom. The van der Waals surface area contributed by atoms with Gasteiger partial charge in [0.15, 0.2) is 0 Å². The summed E-state index contributed by atoms with van der Waals surface area (Å²) in [6.45, 7) is 6.50. The van der Waals surface area contributed by atoms with Crippen LogP contribution < -0.4 is 5.56 Å². The van der Waals surface area contributed by atoms with Gasteiger partial charge in [-0.25, -0.2) is 9.97 Å². The second-order valence-corrected chi connectivity index (χ2v) is 6.94. The Bertz CT molecular complexity index is 1080. The number of para-hydroxylation sites is 2. The van der Waals surface area contributed by atoms with Crippen molar-refractivity contribution in [3.8, 4) is 0 Å². The molecule has 0 saturated heterocycles. The van der Waals surface area contributed by atoms with Crippen LogP contribution in [0, 0.1) is 6.92 Å². The van der Waals surface area contributed by atoms with Gasteiger partial charge in [0.25, 0.3) is 5.56 Å². The second kappa shape index (κ2) is 6.64. The number of amides is 1. The van der Waals surface area contributed by atoms with E-state index >= 15 is 0 Å². The molecule has 3 aromatic rings. The molecule has 1 aliphatic rings. The summed E-state index contributed by atoms with van der Waals surface area (Å²) in [5.74, 6) is 1.49. The van der Waals surface area contributed by atoms with Crippen molar-refractivity contribution in [2.75, 3.05) is 0 Å². The lowest BCUT2D eigenvalue weighted by Gasteiger charge is -2.25. The number of imidazole rings is 1. The van der Waals surface area contributed by atoms with Crippen LogP contribution in [0.4, 0.5) is 0 Å². The third-order valence-corrected chi connectivity index (χ3v) is 5.19.